The highest BCUT2D eigenvalue weighted by Crippen LogP contribution is 2.45. The van der Waals surface area contributed by atoms with Gasteiger partial charge in [-0.25, -0.2) is 0 Å². The van der Waals surface area contributed by atoms with E-state index in [0.29, 0.717) is 0 Å². The highest BCUT2D eigenvalue weighted by atomic mass is 15.1. The Morgan fingerprint density at radius 1 is 0.346 bits per heavy atom. The van der Waals surface area contributed by atoms with E-state index in [-0.39, 0.29) is 5.41 Å². The summed E-state index contributed by atoms with van der Waals surface area (Å²) in [5.74, 6) is 0. The van der Waals surface area contributed by atoms with Crippen LogP contribution in [0.1, 0.15) is 225 Å². The summed E-state index contributed by atoms with van der Waals surface area (Å²) in [7, 11) is 0. The molecule has 2 aromatic carbocycles. The smallest absolute Gasteiger partial charge is 0.0366 e. The van der Waals surface area contributed by atoms with Crippen molar-refractivity contribution >= 4 is 11.4 Å². The fraction of sp³-hybridized carbons (Fsp3) is 0.760. The zero-order valence-corrected chi connectivity index (χ0v) is 35.3. The van der Waals surface area contributed by atoms with Gasteiger partial charge in [0, 0.05) is 43.0 Å². The van der Waals surface area contributed by atoms with Gasteiger partial charge in [-0.3, -0.25) is 0 Å². The Labute approximate surface area is 325 Å². The van der Waals surface area contributed by atoms with Crippen LogP contribution in [-0.4, -0.2) is 26.2 Å². The zero-order valence-electron chi connectivity index (χ0n) is 35.3. The third-order valence-electron chi connectivity index (χ3n) is 12.4. The van der Waals surface area contributed by atoms with Crippen LogP contribution in [0.2, 0.25) is 0 Å². The molecule has 0 aromatic heterocycles. The van der Waals surface area contributed by atoms with E-state index in [1.54, 1.807) is 11.1 Å². The van der Waals surface area contributed by atoms with Crippen molar-refractivity contribution in [2.75, 3.05) is 36.0 Å². The summed E-state index contributed by atoms with van der Waals surface area (Å²) in [4.78, 5) is 5.46. The number of rotatable bonds is 32. The first-order valence-electron chi connectivity index (χ1n) is 23.4. The van der Waals surface area contributed by atoms with Gasteiger partial charge in [0.1, 0.15) is 0 Å². The summed E-state index contributed by atoms with van der Waals surface area (Å²) in [6.45, 7) is 14.1. The van der Waals surface area contributed by atoms with Gasteiger partial charge < -0.3 is 9.80 Å². The lowest BCUT2D eigenvalue weighted by molar-refractivity contribution is 0.346. The highest BCUT2D eigenvalue weighted by molar-refractivity contribution is 5.54. The van der Waals surface area contributed by atoms with Crippen molar-refractivity contribution in [1.82, 2.24) is 0 Å². The van der Waals surface area contributed by atoms with Gasteiger partial charge in [-0.1, -0.05) is 200 Å². The van der Waals surface area contributed by atoms with Crippen molar-refractivity contribution < 1.29 is 0 Å². The molecule has 0 radical (unpaired) electrons. The fourth-order valence-corrected chi connectivity index (χ4v) is 8.95. The molecule has 52 heavy (non-hydrogen) atoms. The Bertz CT molecular complexity index is 969. The minimum atomic E-state index is 0.155. The van der Waals surface area contributed by atoms with Crippen LogP contribution in [0, 0.1) is 0 Å². The Morgan fingerprint density at radius 2 is 0.615 bits per heavy atom. The van der Waals surface area contributed by atoms with Crippen molar-refractivity contribution in [2.24, 2.45) is 0 Å². The second-order valence-electron chi connectivity index (χ2n) is 16.8. The number of unbranched alkanes of at least 4 members (excludes halogenated alkanes) is 20. The van der Waals surface area contributed by atoms with E-state index in [0.717, 1.165) is 0 Å². The van der Waals surface area contributed by atoms with Crippen LogP contribution in [-0.2, 0) is 5.41 Å². The maximum atomic E-state index is 2.73. The van der Waals surface area contributed by atoms with Crippen molar-refractivity contribution in [2.45, 2.75) is 219 Å². The van der Waals surface area contributed by atoms with E-state index in [1.165, 1.54) is 224 Å². The maximum Gasteiger partial charge on any atom is 0.0366 e. The molecule has 0 saturated heterocycles. The molecule has 1 fully saturated rings. The van der Waals surface area contributed by atoms with Crippen molar-refractivity contribution in [3.63, 3.8) is 0 Å². The Balaban J connectivity index is 1.72. The van der Waals surface area contributed by atoms with Crippen LogP contribution >= 0.6 is 0 Å². The number of anilines is 2. The summed E-state index contributed by atoms with van der Waals surface area (Å²) >= 11 is 0. The van der Waals surface area contributed by atoms with Gasteiger partial charge in [0.2, 0.25) is 0 Å². The summed E-state index contributed by atoms with van der Waals surface area (Å²) < 4.78 is 0. The van der Waals surface area contributed by atoms with E-state index in [9.17, 15) is 0 Å². The molecule has 1 aliphatic carbocycles. The van der Waals surface area contributed by atoms with E-state index in [1.807, 2.05) is 0 Å². The predicted octanol–water partition coefficient (Wildman–Crippen LogP) is 16.0. The van der Waals surface area contributed by atoms with Gasteiger partial charge in [-0.05, 0) is 73.9 Å². The number of benzene rings is 2. The molecular weight excluding hydrogens is 629 g/mol. The van der Waals surface area contributed by atoms with Crippen LogP contribution in [0.15, 0.2) is 48.5 Å². The first-order chi connectivity index (χ1) is 25.7. The lowest BCUT2D eigenvalue weighted by Crippen LogP contribution is -2.31. The number of nitrogens with zero attached hydrogens (tertiary/aromatic N) is 2. The normalized spacial score (nSPS) is 14.2. The number of hydrogen-bond donors (Lipinski definition) is 0. The molecule has 0 unspecified atom stereocenters. The average molecular weight is 715 g/mol. The molecule has 296 valence electrons. The molecule has 0 spiro atoms. The van der Waals surface area contributed by atoms with Gasteiger partial charge in [0.15, 0.2) is 0 Å². The van der Waals surface area contributed by atoms with Gasteiger partial charge in [0.05, 0.1) is 0 Å². The second kappa shape index (κ2) is 28.5. The van der Waals surface area contributed by atoms with E-state index in [2.05, 4.69) is 86.0 Å². The third kappa shape index (κ3) is 16.6. The molecule has 0 N–H and O–H groups in total. The summed E-state index contributed by atoms with van der Waals surface area (Å²) in [5, 5.41) is 0. The van der Waals surface area contributed by atoms with Gasteiger partial charge in [-0.15, -0.1) is 0 Å². The monoisotopic (exact) mass is 715 g/mol. The first kappa shape index (κ1) is 44.4. The summed E-state index contributed by atoms with van der Waals surface area (Å²) in [6, 6.07) is 20.1. The number of hydrogen-bond acceptors (Lipinski definition) is 2. The molecule has 2 aromatic rings. The fourth-order valence-electron chi connectivity index (χ4n) is 8.95. The van der Waals surface area contributed by atoms with Crippen molar-refractivity contribution in [3.8, 4) is 0 Å². The molecule has 0 aliphatic heterocycles. The standard InChI is InChI=1S/C50H86N2/c1-5-9-13-17-21-28-42-51(43-29-22-18-14-10-6-2)48-36-32-46(33-37-48)50(40-26-25-27-41-50)47-34-38-49(39-35-47)52(44-30-23-19-15-11-7-3)45-31-24-20-16-12-8-4/h32-39H,5-31,40-45H2,1-4H3. The molecule has 0 amide bonds. The van der Waals surface area contributed by atoms with Crippen LogP contribution in [0.5, 0.6) is 0 Å². The molecule has 1 saturated carbocycles. The van der Waals surface area contributed by atoms with Crippen molar-refractivity contribution in [1.29, 1.82) is 0 Å². The zero-order chi connectivity index (χ0) is 37.0. The van der Waals surface area contributed by atoms with Gasteiger partial charge in [-0.2, -0.15) is 0 Å². The molecule has 0 atom stereocenters. The van der Waals surface area contributed by atoms with Gasteiger partial charge >= 0.3 is 0 Å². The van der Waals surface area contributed by atoms with Crippen molar-refractivity contribution in [3.05, 3.63) is 59.7 Å². The second-order valence-corrected chi connectivity index (χ2v) is 16.8. The molecular formula is C50H86N2. The van der Waals surface area contributed by atoms with E-state index >= 15 is 0 Å². The minimum absolute atomic E-state index is 0.155. The van der Waals surface area contributed by atoms with E-state index < -0.39 is 0 Å². The van der Waals surface area contributed by atoms with E-state index in [4.69, 9.17) is 0 Å². The SMILES string of the molecule is CCCCCCCCN(CCCCCCCC)c1ccc(C2(c3ccc(N(CCCCCCCC)CCCCCCCC)cc3)CCCCC2)cc1. The lowest BCUT2D eigenvalue weighted by atomic mass is 9.65. The highest BCUT2D eigenvalue weighted by Gasteiger charge is 2.35. The third-order valence-corrected chi connectivity index (χ3v) is 12.4. The van der Waals surface area contributed by atoms with Crippen LogP contribution in [0.3, 0.4) is 0 Å². The summed E-state index contributed by atoms with van der Waals surface area (Å²) in [6.07, 6.45) is 39.5. The average Bonchev–Trinajstić information content (AvgIpc) is 3.19. The Morgan fingerprint density at radius 3 is 0.904 bits per heavy atom. The largest absolute Gasteiger partial charge is 0.372 e. The molecule has 0 bridgehead atoms. The summed E-state index contributed by atoms with van der Waals surface area (Å²) in [5.41, 5.74) is 6.17. The van der Waals surface area contributed by atoms with Crippen LogP contribution in [0.25, 0.3) is 0 Å². The van der Waals surface area contributed by atoms with Crippen LogP contribution in [0.4, 0.5) is 11.4 Å². The first-order valence-corrected chi connectivity index (χ1v) is 23.4. The molecule has 2 nitrogen and oxygen atoms in total. The van der Waals surface area contributed by atoms with Gasteiger partial charge in [0.25, 0.3) is 0 Å². The predicted molar refractivity (Wildman–Crippen MR) is 235 cm³/mol. The lowest BCUT2D eigenvalue weighted by Gasteiger charge is -2.39. The quantitative estimate of drug-likeness (QED) is 0.0696. The molecule has 2 heteroatoms. The molecule has 0 heterocycles. The minimum Gasteiger partial charge on any atom is -0.372 e. The maximum absolute atomic E-state index is 2.73. The molecule has 3 rings (SSSR count). The Hall–Kier alpha value is -1.96. The Kier molecular flexibility index (Phi) is 24.3. The topological polar surface area (TPSA) is 6.48 Å². The molecule has 1 aliphatic rings. The van der Waals surface area contributed by atoms with Crippen LogP contribution < -0.4 is 9.80 Å².